The van der Waals surface area contributed by atoms with Gasteiger partial charge in [-0.15, -0.1) is 0 Å². The van der Waals surface area contributed by atoms with Gasteiger partial charge in [0.2, 0.25) is 15.9 Å². The van der Waals surface area contributed by atoms with Crippen molar-refractivity contribution in [3.05, 3.63) is 59.2 Å². The molecule has 178 valence electrons. The Bertz CT molecular complexity index is 1080. The van der Waals surface area contributed by atoms with Gasteiger partial charge >= 0.3 is 5.97 Å². The van der Waals surface area contributed by atoms with Crippen molar-refractivity contribution in [1.29, 1.82) is 0 Å². The van der Waals surface area contributed by atoms with E-state index in [0.717, 1.165) is 18.4 Å². The lowest BCUT2D eigenvalue weighted by Gasteiger charge is -2.18. The molecule has 1 aliphatic heterocycles. The zero-order valence-corrected chi connectivity index (χ0v) is 19.8. The summed E-state index contributed by atoms with van der Waals surface area (Å²) in [4.78, 5) is 24.4. The van der Waals surface area contributed by atoms with Crippen LogP contribution in [-0.4, -0.2) is 58.0 Å². The number of hydrogen-bond acceptors (Lipinski definition) is 6. The first-order valence-corrected chi connectivity index (χ1v) is 12.4. The van der Waals surface area contributed by atoms with Gasteiger partial charge in [0.05, 0.1) is 19.2 Å². The predicted octanol–water partition coefficient (Wildman–Crippen LogP) is 2.69. The lowest BCUT2D eigenvalue weighted by molar-refractivity contribution is -0.121. The Kier molecular flexibility index (Phi) is 8.46. The van der Waals surface area contributed by atoms with Crippen molar-refractivity contribution in [1.82, 2.24) is 9.62 Å². The average Bonchev–Trinajstić information content (AvgIpc) is 3.37. The lowest BCUT2D eigenvalue weighted by Crippen LogP contribution is -2.29. The van der Waals surface area contributed by atoms with Gasteiger partial charge in [0.15, 0.2) is 0 Å². The summed E-state index contributed by atoms with van der Waals surface area (Å²) >= 11 is 0. The number of methoxy groups -OCH3 is 1. The number of carbonyl (C=O) groups excluding carboxylic acids is 2. The van der Waals surface area contributed by atoms with Crippen LogP contribution in [0, 0.1) is 6.92 Å². The maximum Gasteiger partial charge on any atom is 0.338 e. The summed E-state index contributed by atoms with van der Waals surface area (Å²) in [6, 6.07) is 12.2. The molecule has 0 spiro atoms. The molecule has 33 heavy (non-hydrogen) atoms. The molecule has 3 rings (SSSR count). The first-order valence-electron chi connectivity index (χ1n) is 11.0. The molecule has 2 aromatic rings. The van der Waals surface area contributed by atoms with E-state index in [1.165, 1.54) is 35.2 Å². The number of rotatable bonds is 10. The summed E-state index contributed by atoms with van der Waals surface area (Å²) in [7, 11) is -2.38. The maximum atomic E-state index is 13.0. The predicted molar refractivity (Wildman–Crippen MR) is 124 cm³/mol. The Morgan fingerprint density at radius 1 is 1.06 bits per heavy atom. The molecular weight excluding hydrogens is 444 g/mol. The van der Waals surface area contributed by atoms with Crippen molar-refractivity contribution in [2.75, 3.05) is 33.4 Å². The first kappa shape index (κ1) is 24.7. The van der Waals surface area contributed by atoms with Crippen LogP contribution in [0.1, 0.15) is 40.7 Å². The summed E-state index contributed by atoms with van der Waals surface area (Å²) in [6.07, 6.45) is 2.58. The third kappa shape index (κ3) is 6.55. The zero-order chi connectivity index (χ0) is 23.8. The second-order valence-corrected chi connectivity index (χ2v) is 9.85. The number of ether oxygens (including phenoxy) is 2. The normalized spacial score (nSPS) is 14.1. The molecular formula is C24H30N2O6S. The molecule has 0 aliphatic carbocycles. The van der Waals surface area contributed by atoms with Gasteiger partial charge < -0.3 is 14.8 Å². The monoisotopic (exact) mass is 474 g/mol. The van der Waals surface area contributed by atoms with Crippen molar-refractivity contribution in [2.45, 2.75) is 37.5 Å². The number of nitrogens with one attached hydrogen (secondary N) is 1. The second-order valence-electron chi connectivity index (χ2n) is 7.95. The molecule has 0 saturated carbocycles. The fourth-order valence-corrected chi connectivity index (χ4v) is 5.29. The quantitative estimate of drug-likeness (QED) is 0.420. The number of esters is 1. The number of carbonyl (C=O) groups is 2. The Hall–Kier alpha value is -2.91. The fourth-order valence-electron chi connectivity index (χ4n) is 3.59. The molecule has 1 saturated heterocycles. The highest BCUT2D eigenvalue weighted by atomic mass is 32.2. The number of hydrogen-bond donors (Lipinski definition) is 1. The molecule has 0 aromatic heterocycles. The zero-order valence-electron chi connectivity index (χ0n) is 19.0. The Labute approximate surface area is 194 Å². The van der Waals surface area contributed by atoms with Crippen LogP contribution in [-0.2, 0) is 26.0 Å². The fraction of sp³-hybridized carbons (Fsp3) is 0.417. The first-order chi connectivity index (χ1) is 15.8. The van der Waals surface area contributed by atoms with Crippen LogP contribution in [0.4, 0.5) is 0 Å². The highest BCUT2D eigenvalue weighted by Gasteiger charge is 2.30. The minimum absolute atomic E-state index is 0.0185. The van der Waals surface area contributed by atoms with Gasteiger partial charge in [0.25, 0.3) is 0 Å². The van der Waals surface area contributed by atoms with E-state index in [9.17, 15) is 18.0 Å². The molecule has 1 heterocycles. The van der Waals surface area contributed by atoms with E-state index < -0.39 is 16.0 Å². The van der Waals surface area contributed by atoms with Gasteiger partial charge in [-0.3, -0.25) is 4.79 Å². The van der Waals surface area contributed by atoms with Crippen molar-refractivity contribution < 1.29 is 27.5 Å². The molecule has 2 aromatic carbocycles. The van der Waals surface area contributed by atoms with E-state index >= 15 is 0 Å². The topological polar surface area (TPSA) is 102 Å². The highest BCUT2D eigenvalue weighted by molar-refractivity contribution is 7.89. The third-order valence-electron chi connectivity index (χ3n) is 5.50. The van der Waals surface area contributed by atoms with Crippen LogP contribution < -0.4 is 10.1 Å². The Morgan fingerprint density at radius 2 is 1.76 bits per heavy atom. The molecule has 0 unspecified atom stereocenters. The summed E-state index contributed by atoms with van der Waals surface area (Å²) in [6.45, 7) is 3.06. The SMILES string of the molecule is COc1ccc(C(=O)OCCNC(=O)CCc2ccc(C)cc2)cc1S(=O)(=O)N1CCCC1. The standard InChI is InChI=1S/C24H30N2O6S/c1-18-5-7-19(8-6-18)9-12-23(27)25-13-16-32-24(28)20-10-11-21(31-2)22(17-20)33(29,30)26-14-3-4-15-26/h5-8,10-11,17H,3-4,9,12-16H2,1-2H3,(H,25,27). The van der Waals surface area contributed by atoms with Crippen molar-refractivity contribution in [3.8, 4) is 5.75 Å². The van der Waals surface area contributed by atoms with Crippen molar-refractivity contribution >= 4 is 21.9 Å². The molecule has 9 heteroatoms. The van der Waals surface area contributed by atoms with Gasteiger partial charge in [-0.05, 0) is 49.9 Å². The van der Waals surface area contributed by atoms with Crippen molar-refractivity contribution in [2.24, 2.45) is 0 Å². The van der Waals surface area contributed by atoms with Crippen molar-refractivity contribution in [3.63, 3.8) is 0 Å². The van der Waals surface area contributed by atoms with E-state index in [-0.39, 0.29) is 35.3 Å². The number of nitrogens with zero attached hydrogens (tertiary/aromatic N) is 1. The molecule has 1 N–H and O–H groups in total. The van der Waals surface area contributed by atoms with Crippen LogP contribution in [0.2, 0.25) is 0 Å². The number of amides is 1. The smallest absolute Gasteiger partial charge is 0.338 e. The van der Waals surface area contributed by atoms with E-state index in [1.807, 2.05) is 31.2 Å². The Balaban J connectivity index is 1.50. The average molecular weight is 475 g/mol. The van der Waals surface area contributed by atoms with Gasteiger partial charge in [0, 0.05) is 19.5 Å². The minimum Gasteiger partial charge on any atom is -0.495 e. The molecule has 1 aliphatic rings. The van der Waals surface area contributed by atoms with E-state index in [2.05, 4.69) is 5.32 Å². The van der Waals surface area contributed by atoms with E-state index in [0.29, 0.717) is 25.9 Å². The van der Waals surface area contributed by atoms with Crippen LogP contribution in [0.5, 0.6) is 5.75 Å². The van der Waals surface area contributed by atoms with Gasteiger partial charge in [-0.25, -0.2) is 13.2 Å². The number of sulfonamides is 1. The molecule has 0 bridgehead atoms. The summed E-state index contributed by atoms with van der Waals surface area (Å²) in [5, 5.41) is 2.72. The molecule has 1 fully saturated rings. The van der Waals surface area contributed by atoms with E-state index in [1.54, 1.807) is 0 Å². The van der Waals surface area contributed by atoms with Crippen LogP contribution in [0.3, 0.4) is 0 Å². The second kappa shape index (κ2) is 11.3. The molecule has 1 amide bonds. The van der Waals surface area contributed by atoms with Gasteiger partial charge in [0.1, 0.15) is 17.3 Å². The van der Waals surface area contributed by atoms with Crippen LogP contribution in [0.25, 0.3) is 0 Å². The minimum atomic E-state index is -3.76. The summed E-state index contributed by atoms with van der Waals surface area (Å²) in [5.41, 5.74) is 2.36. The number of benzene rings is 2. The lowest BCUT2D eigenvalue weighted by atomic mass is 10.1. The van der Waals surface area contributed by atoms with Crippen LogP contribution in [0.15, 0.2) is 47.4 Å². The maximum absolute atomic E-state index is 13.0. The summed E-state index contributed by atoms with van der Waals surface area (Å²) < 4.78 is 37.7. The van der Waals surface area contributed by atoms with Crippen LogP contribution >= 0.6 is 0 Å². The molecule has 0 atom stereocenters. The largest absolute Gasteiger partial charge is 0.495 e. The molecule has 8 nitrogen and oxygen atoms in total. The number of aryl methyl sites for hydroxylation is 2. The van der Waals surface area contributed by atoms with Gasteiger partial charge in [-0.1, -0.05) is 29.8 Å². The van der Waals surface area contributed by atoms with Gasteiger partial charge in [-0.2, -0.15) is 4.31 Å². The highest BCUT2D eigenvalue weighted by Crippen LogP contribution is 2.30. The molecule has 0 radical (unpaired) electrons. The van der Waals surface area contributed by atoms with E-state index in [4.69, 9.17) is 9.47 Å². The summed E-state index contributed by atoms with van der Waals surface area (Å²) in [5.74, 6) is -0.612. The third-order valence-corrected chi connectivity index (χ3v) is 7.42. The Morgan fingerprint density at radius 3 is 2.42 bits per heavy atom.